The van der Waals surface area contributed by atoms with Gasteiger partial charge in [-0.3, -0.25) is 9.69 Å². The number of nitrogens with zero attached hydrogens (tertiary/aromatic N) is 3. The second kappa shape index (κ2) is 8.91. The van der Waals surface area contributed by atoms with Crippen LogP contribution in [0, 0.1) is 0 Å². The highest BCUT2D eigenvalue weighted by Gasteiger charge is 2.28. The quantitative estimate of drug-likeness (QED) is 0.787. The lowest BCUT2D eigenvalue weighted by atomic mass is 10.1. The highest BCUT2D eigenvalue weighted by molar-refractivity contribution is 5.81. The van der Waals surface area contributed by atoms with E-state index >= 15 is 0 Å². The second-order valence-electron chi connectivity index (χ2n) is 7.05. The molecule has 0 bridgehead atoms. The van der Waals surface area contributed by atoms with Crippen molar-refractivity contribution >= 4 is 11.6 Å². The van der Waals surface area contributed by atoms with Gasteiger partial charge in [-0.2, -0.15) is 0 Å². The van der Waals surface area contributed by atoms with Crippen LogP contribution in [0.1, 0.15) is 12.5 Å². The van der Waals surface area contributed by atoms with Crippen molar-refractivity contribution in [1.82, 2.24) is 9.80 Å². The first-order valence-corrected chi connectivity index (χ1v) is 9.51. The van der Waals surface area contributed by atoms with E-state index in [1.54, 1.807) is 7.11 Å². The fourth-order valence-corrected chi connectivity index (χ4v) is 3.65. The first-order chi connectivity index (χ1) is 13.1. The molecule has 0 aliphatic carbocycles. The van der Waals surface area contributed by atoms with E-state index in [2.05, 4.69) is 28.0 Å². The zero-order chi connectivity index (χ0) is 19.2. The number of carbonyl (C=O) groups excluding carboxylic acids is 1. The first kappa shape index (κ1) is 19.2. The lowest BCUT2D eigenvalue weighted by Crippen LogP contribution is -2.54. The third-order valence-corrected chi connectivity index (χ3v) is 5.28. The molecule has 2 aromatic rings. The summed E-state index contributed by atoms with van der Waals surface area (Å²) in [6, 6.07) is 18.1. The van der Waals surface area contributed by atoms with Gasteiger partial charge in [0, 0.05) is 39.8 Å². The normalized spacial score (nSPS) is 16.0. The molecular formula is C22H29N3O2. The maximum Gasteiger partial charge on any atom is 0.239 e. The van der Waals surface area contributed by atoms with Gasteiger partial charge in [0.1, 0.15) is 5.75 Å². The van der Waals surface area contributed by atoms with E-state index < -0.39 is 0 Å². The Morgan fingerprint density at radius 1 is 1.04 bits per heavy atom. The summed E-state index contributed by atoms with van der Waals surface area (Å²) >= 11 is 0. The van der Waals surface area contributed by atoms with Crippen molar-refractivity contribution in [2.24, 2.45) is 0 Å². The van der Waals surface area contributed by atoms with Crippen LogP contribution in [0.2, 0.25) is 0 Å². The largest absolute Gasteiger partial charge is 0.495 e. The van der Waals surface area contributed by atoms with Crippen molar-refractivity contribution in [1.29, 1.82) is 0 Å². The van der Waals surface area contributed by atoms with Gasteiger partial charge in [0.2, 0.25) is 5.91 Å². The monoisotopic (exact) mass is 367 g/mol. The molecule has 1 heterocycles. The zero-order valence-corrected chi connectivity index (χ0v) is 16.5. The fourth-order valence-electron chi connectivity index (χ4n) is 3.65. The topological polar surface area (TPSA) is 36.0 Å². The molecule has 1 amide bonds. The van der Waals surface area contributed by atoms with Gasteiger partial charge < -0.3 is 14.5 Å². The maximum absolute atomic E-state index is 12.8. The first-order valence-electron chi connectivity index (χ1n) is 9.51. The summed E-state index contributed by atoms with van der Waals surface area (Å²) in [5.74, 6) is 1.07. The molecule has 0 N–H and O–H groups in total. The number of amides is 1. The van der Waals surface area contributed by atoms with E-state index in [0.29, 0.717) is 6.54 Å². The van der Waals surface area contributed by atoms with Gasteiger partial charge in [0.25, 0.3) is 0 Å². The molecule has 1 fully saturated rings. The van der Waals surface area contributed by atoms with E-state index in [1.807, 2.05) is 55.3 Å². The predicted octanol–water partition coefficient (Wildman–Crippen LogP) is 2.86. The van der Waals surface area contributed by atoms with Crippen LogP contribution in [0.15, 0.2) is 54.6 Å². The Morgan fingerprint density at radius 2 is 1.67 bits per heavy atom. The Morgan fingerprint density at radius 3 is 2.33 bits per heavy atom. The fraction of sp³-hybridized carbons (Fsp3) is 0.409. The molecule has 5 nitrogen and oxygen atoms in total. The number of piperazine rings is 1. The zero-order valence-electron chi connectivity index (χ0n) is 16.5. The molecule has 1 saturated heterocycles. The maximum atomic E-state index is 12.8. The van der Waals surface area contributed by atoms with E-state index in [4.69, 9.17) is 4.74 Å². The van der Waals surface area contributed by atoms with Crippen molar-refractivity contribution in [3.8, 4) is 5.75 Å². The van der Waals surface area contributed by atoms with Gasteiger partial charge in [0.05, 0.1) is 18.8 Å². The van der Waals surface area contributed by atoms with Crippen LogP contribution in [0.25, 0.3) is 0 Å². The third-order valence-electron chi connectivity index (χ3n) is 5.28. The number of hydrogen-bond donors (Lipinski definition) is 0. The Hall–Kier alpha value is -2.53. The number of rotatable bonds is 6. The van der Waals surface area contributed by atoms with E-state index in [1.165, 1.54) is 0 Å². The van der Waals surface area contributed by atoms with Gasteiger partial charge in [-0.1, -0.05) is 42.5 Å². The third kappa shape index (κ3) is 4.61. The Bertz CT molecular complexity index is 742. The summed E-state index contributed by atoms with van der Waals surface area (Å²) in [5.41, 5.74) is 2.28. The summed E-state index contributed by atoms with van der Waals surface area (Å²) in [6.07, 6.45) is 0. The SMILES string of the molecule is COc1ccccc1N1CCN([C@H](C)C(=O)N(C)Cc2ccccc2)CC1. The van der Waals surface area contributed by atoms with Crippen molar-refractivity contribution in [3.63, 3.8) is 0 Å². The molecule has 1 aliphatic heterocycles. The number of hydrogen-bond acceptors (Lipinski definition) is 4. The summed E-state index contributed by atoms with van der Waals surface area (Å²) in [4.78, 5) is 19.3. The average molecular weight is 367 g/mol. The van der Waals surface area contributed by atoms with Gasteiger partial charge in [-0.15, -0.1) is 0 Å². The highest BCUT2D eigenvalue weighted by atomic mass is 16.5. The van der Waals surface area contributed by atoms with Crippen molar-refractivity contribution < 1.29 is 9.53 Å². The molecule has 2 aromatic carbocycles. The summed E-state index contributed by atoms with van der Waals surface area (Å²) in [7, 11) is 3.59. The second-order valence-corrected chi connectivity index (χ2v) is 7.05. The van der Waals surface area contributed by atoms with Crippen LogP contribution in [-0.2, 0) is 11.3 Å². The minimum absolute atomic E-state index is 0.112. The molecule has 0 spiro atoms. The van der Waals surface area contributed by atoms with Crippen LogP contribution in [0.4, 0.5) is 5.69 Å². The van der Waals surface area contributed by atoms with E-state index in [0.717, 1.165) is 43.2 Å². The van der Waals surface area contributed by atoms with Gasteiger partial charge in [0.15, 0.2) is 0 Å². The molecular weight excluding hydrogens is 338 g/mol. The van der Waals surface area contributed by atoms with E-state index in [9.17, 15) is 4.79 Å². The molecule has 0 unspecified atom stereocenters. The number of benzene rings is 2. The number of para-hydroxylation sites is 2. The Labute approximate surface area is 162 Å². The molecule has 0 saturated carbocycles. The van der Waals surface area contributed by atoms with Crippen LogP contribution in [0.5, 0.6) is 5.75 Å². The Kier molecular flexibility index (Phi) is 6.35. The lowest BCUT2D eigenvalue weighted by Gasteiger charge is -2.39. The van der Waals surface area contributed by atoms with E-state index in [-0.39, 0.29) is 11.9 Å². The number of ether oxygens (including phenoxy) is 1. The van der Waals surface area contributed by atoms with Crippen molar-refractivity contribution in [3.05, 3.63) is 60.2 Å². The van der Waals surface area contributed by atoms with Crippen LogP contribution in [-0.4, -0.2) is 62.1 Å². The number of anilines is 1. The summed E-state index contributed by atoms with van der Waals surface area (Å²) in [5, 5.41) is 0. The molecule has 27 heavy (non-hydrogen) atoms. The van der Waals surface area contributed by atoms with Crippen LogP contribution >= 0.6 is 0 Å². The molecule has 1 aliphatic rings. The minimum Gasteiger partial charge on any atom is -0.495 e. The predicted molar refractivity (Wildman–Crippen MR) is 109 cm³/mol. The van der Waals surface area contributed by atoms with Gasteiger partial charge in [-0.05, 0) is 24.6 Å². The molecule has 3 rings (SSSR count). The smallest absolute Gasteiger partial charge is 0.239 e. The summed E-state index contributed by atoms with van der Waals surface area (Å²) < 4.78 is 5.48. The van der Waals surface area contributed by atoms with Crippen LogP contribution in [0.3, 0.4) is 0 Å². The summed E-state index contributed by atoms with van der Waals surface area (Å²) in [6.45, 7) is 6.17. The molecule has 0 radical (unpaired) electrons. The number of carbonyl (C=O) groups is 1. The van der Waals surface area contributed by atoms with Crippen molar-refractivity contribution in [2.75, 3.05) is 45.2 Å². The van der Waals surface area contributed by atoms with Crippen molar-refractivity contribution in [2.45, 2.75) is 19.5 Å². The molecule has 5 heteroatoms. The van der Waals surface area contributed by atoms with Crippen LogP contribution < -0.4 is 9.64 Å². The highest BCUT2D eigenvalue weighted by Crippen LogP contribution is 2.28. The molecule has 144 valence electrons. The number of methoxy groups -OCH3 is 1. The average Bonchev–Trinajstić information content (AvgIpc) is 2.73. The standard InChI is InChI=1S/C22H29N3O2/c1-18(22(26)23(2)17-19-9-5-4-6-10-19)24-13-15-25(16-14-24)20-11-7-8-12-21(20)27-3/h4-12,18H,13-17H2,1-3H3/t18-/m1/s1. The lowest BCUT2D eigenvalue weighted by molar-refractivity contribution is -0.135. The van der Waals surface area contributed by atoms with Gasteiger partial charge >= 0.3 is 0 Å². The number of likely N-dealkylation sites (N-methyl/N-ethyl adjacent to an activating group) is 1. The molecule has 0 aromatic heterocycles. The Balaban J connectivity index is 1.56. The van der Waals surface area contributed by atoms with Gasteiger partial charge in [-0.25, -0.2) is 0 Å². The minimum atomic E-state index is -0.112. The molecule has 1 atom stereocenters.